The molecule has 0 aliphatic heterocycles. The van der Waals surface area contributed by atoms with Crippen LogP contribution in [0.3, 0.4) is 0 Å². The van der Waals surface area contributed by atoms with E-state index in [2.05, 4.69) is 39.1 Å². The Bertz CT molecular complexity index is 1060. The minimum absolute atomic E-state index is 0.251. The average molecular weight is 345 g/mol. The SMILES string of the molecule is Oc1cccc(Nc2ccc(-c3n[nH]c4c3Cc3sccc3-4)cc2)c1. The first-order chi connectivity index (χ1) is 12.3. The number of phenolic OH excluding ortho intramolecular Hbond substituents is 1. The van der Waals surface area contributed by atoms with E-state index in [-0.39, 0.29) is 5.75 Å². The fourth-order valence-electron chi connectivity index (χ4n) is 3.32. The Balaban J connectivity index is 1.43. The Labute approximate surface area is 148 Å². The molecule has 25 heavy (non-hydrogen) atoms. The van der Waals surface area contributed by atoms with Gasteiger partial charge < -0.3 is 10.4 Å². The smallest absolute Gasteiger partial charge is 0.117 e. The molecule has 0 unspecified atom stereocenters. The van der Waals surface area contributed by atoms with Crippen LogP contribution in [0.5, 0.6) is 5.75 Å². The Morgan fingerprint density at radius 3 is 2.76 bits per heavy atom. The summed E-state index contributed by atoms with van der Waals surface area (Å²) in [6.07, 6.45) is 0.956. The van der Waals surface area contributed by atoms with E-state index in [0.717, 1.165) is 34.7 Å². The van der Waals surface area contributed by atoms with Gasteiger partial charge >= 0.3 is 0 Å². The predicted molar refractivity (Wildman–Crippen MR) is 102 cm³/mol. The summed E-state index contributed by atoms with van der Waals surface area (Å²) in [5.41, 5.74) is 7.71. The second-order valence-corrected chi connectivity index (χ2v) is 7.11. The van der Waals surface area contributed by atoms with Crippen molar-refractivity contribution >= 4 is 22.7 Å². The molecule has 1 aliphatic rings. The van der Waals surface area contributed by atoms with E-state index >= 15 is 0 Å². The second kappa shape index (κ2) is 5.50. The van der Waals surface area contributed by atoms with Crippen molar-refractivity contribution in [2.75, 3.05) is 5.32 Å². The molecule has 0 saturated heterocycles. The van der Waals surface area contributed by atoms with Crippen LogP contribution >= 0.6 is 11.3 Å². The molecule has 0 saturated carbocycles. The zero-order chi connectivity index (χ0) is 16.8. The molecule has 4 aromatic rings. The minimum atomic E-state index is 0.251. The van der Waals surface area contributed by atoms with Crippen LogP contribution in [-0.4, -0.2) is 15.3 Å². The van der Waals surface area contributed by atoms with Crippen LogP contribution in [0.2, 0.25) is 0 Å². The van der Waals surface area contributed by atoms with Crippen molar-refractivity contribution in [2.24, 2.45) is 0 Å². The van der Waals surface area contributed by atoms with Crippen molar-refractivity contribution in [3.8, 4) is 28.3 Å². The molecule has 0 atom stereocenters. The van der Waals surface area contributed by atoms with Gasteiger partial charge in [-0.3, -0.25) is 5.10 Å². The van der Waals surface area contributed by atoms with Gasteiger partial charge in [-0.15, -0.1) is 11.3 Å². The number of rotatable bonds is 3. The number of hydrogen-bond donors (Lipinski definition) is 3. The van der Waals surface area contributed by atoms with Crippen LogP contribution in [0.1, 0.15) is 10.4 Å². The van der Waals surface area contributed by atoms with Gasteiger partial charge in [-0.25, -0.2) is 0 Å². The van der Waals surface area contributed by atoms with Gasteiger partial charge in [0.2, 0.25) is 0 Å². The molecule has 0 spiro atoms. The highest BCUT2D eigenvalue weighted by atomic mass is 32.1. The topological polar surface area (TPSA) is 60.9 Å². The van der Waals surface area contributed by atoms with Crippen molar-refractivity contribution in [1.29, 1.82) is 0 Å². The highest BCUT2D eigenvalue weighted by molar-refractivity contribution is 7.10. The minimum Gasteiger partial charge on any atom is -0.508 e. The van der Waals surface area contributed by atoms with Gasteiger partial charge in [0.25, 0.3) is 0 Å². The summed E-state index contributed by atoms with van der Waals surface area (Å²) in [5.74, 6) is 0.251. The van der Waals surface area contributed by atoms with E-state index in [0.29, 0.717) is 0 Å². The third-order valence-corrected chi connectivity index (χ3v) is 5.43. The summed E-state index contributed by atoms with van der Waals surface area (Å²) in [6.45, 7) is 0. The van der Waals surface area contributed by atoms with Gasteiger partial charge in [-0.1, -0.05) is 18.2 Å². The van der Waals surface area contributed by atoms with E-state index in [9.17, 15) is 5.11 Å². The Hall–Kier alpha value is -3.05. The molecule has 3 N–H and O–H groups in total. The van der Waals surface area contributed by atoms with E-state index in [1.54, 1.807) is 23.5 Å². The lowest BCUT2D eigenvalue weighted by atomic mass is 10.1. The molecule has 0 bridgehead atoms. The molecular formula is C20H15N3OS. The number of aromatic amines is 1. The van der Waals surface area contributed by atoms with Crippen LogP contribution in [0.4, 0.5) is 11.4 Å². The molecule has 0 radical (unpaired) electrons. The summed E-state index contributed by atoms with van der Waals surface area (Å²) in [4.78, 5) is 1.41. The first kappa shape index (κ1) is 14.3. The van der Waals surface area contributed by atoms with Crippen LogP contribution < -0.4 is 5.32 Å². The summed E-state index contributed by atoms with van der Waals surface area (Å²) in [6, 6.07) is 17.5. The zero-order valence-electron chi connectivity index (χ0n) is 13.3. The summed E-state index contributed by atoms with van der Waals surface area (Å²) in [5, 5.41) is 22.7. The number of nitrogens with one attached hydrogen (secondary N) is 2. The first-order valence-corrected chi connectivity index (χ1v) is 8.96. The number of nitrogens with zero attached hydrogens (tertiary/aromatic N) is 1. The number of H-pyrrole nitrogens is 1. The Kier molecular flexibility index (Phi) is 3.15. The lowest BCUT2D eigenvalue weighted by molar-refractivity contribution is 0.475. The number of hydrogen-bond acceptors (Lipinski definition) is 4. The fourth-order valence-corrected chi connectivity index (χ4v) is 4.21. The molecule has 2 heterocycles. The van der Waals surface area contributed by atoms with Gasteiger partial charge in [0, 0.05) is 45.4 Å². The van der Waals surface area contributed by atoms with Crippen LogP contribution in [0.25, 0.3) is 22.5 Å². The molecule has 5 heteroatoms. The van der Waals surface area contributed by atoms with Crippen molar-refractivity contribution in [3.63, 3.8) is 0 Å². The molecule has 1 aliphatic carbocycles. The van der Waals surface area contributed by atoms with E-state index < -0.39 is 0 Å². The van der Waals surface area contributed by atoms with Gasteiger partial charge in [0.15, 0.2) is 0 Å². The van der Waals surface area contributed by atoms with Gasteiger partial charge in [0.1, 0.15) is 5.75 Å². The van der Waals surface area contributed by atoms with Crippen LogP contribution in [0, 0.1) is 0 Å². The third kappa shape index (κ3) is 2.40. The van der Waals surface area contributed by atoms with Crippen molar-refractivity contribution < 1.29 is 5.11 Å². The third-order valence-electron chi connectivity index (χ3n) is 4.51. The second-order valence-electron chi connectivity index (χ2n) is 6.11. The Morgan fingerprint density at radius 1 is 1.04 bits per heavy atom. The summed E-state index contributed by atoms with van der Waals surface area (Å²) < 4.78 is 0. The number of benzene rings is 2. The molecule has 2 aromatic carbocycles. The summed E-state index contributed by atoms with van der Waals surface area (Å²) >= 11 is 1.80. The molecule has 0 amide bonds. The monoisotopic (exact) mass is 345 g/mol. The molecule has 2 aromatic heterocycles. The molecule has 0 fully saturated rings. The highest BCUT2D eigenvalue weighted by Crippen LogP contribution is 2.42. The van der Waals surface area contributed by atoms with E-state index in [4.69, 9.17) is 0 Å². The molecule has 122 valence electrons. The quantitative estimate of drug-likeness (QED) is 0.423. The van der Waals surface area contributed by atoms with Crippen molar-refractivity contribution in [1.82, 2.24) is 10.2 Å². The highest BCUT2D eigenvalue weighted by Gasteiger charge is 2.25. The van der Waals surface area contributed by atoms with E-state index in [1.807, 2.05) is 24.3 Å². The van der Waals surface area contributed by atoms with E-state index in [1.165, 1.54) is 16.0 Å². The number of anilines is 2. The maximum absolute atomic E-state index is 9.56. The number of aromatic hydroxyl groups is 1. The first-order valence-electron chi connectivity index (χ1n) is 8.08. The lowest BCUT2D eigenvalue weighted by Crippen LogP contribution is -1.90. The Morgan fingerprint density at radius 2 is 1.92 bits per heavy atom. The molecular weight excluding hydrogens is 330 g/mol. The standard InChI is InChI=1S/C20H15N3OS/c24-15-3-1-2-14(10-15)21-13-6-4-12(5-7-13)19-17-11-18-16(8-9-25-18)20(17)23-22-19/h1-10,21,24H,11H2,(H,22,23). The average Bonchev–Trinajstić information content (AvgIpc) is 3.28. The fraction of sp³-hybridized carbons (Fsp3) is 0.0500. The maximum Gasteiger partial charge on any atom is 0.117 e. The normalized spacial score (nSPS) is 12.0. The predicted octanol–water partition coefficient (Wildman–Crippen LogP) is 5.16. The largest absolute Gasteiger partial charge is 0.508 e. The van der Waals surface area contributed by atoms with Gasteiger partial charge in [-0.2, -0.15) is 5.10 Å². The van der Waals surface area contributed by atoms with Crippen molar-refractivity contribution in [3.05, 3.63) is 70.4 Å². The molecule has 4 nitrogen and oxygen atoms in total. The number of fused-ring (bicyclic) bond motifs is 3. The zero-order valence-corrected chi connectivity index (χ0v) is 14.1. The number of aromatic nitrogens is 2. The van der Waals surface area contributed by atoms with Crippen LogP contribution in [0.15, 0.2) is 60.0 Å². The maximum atomic E-state index is 9.56. The number of thiophene rings is 1. The summed E-state index contributed by atoms with van der Waals surface area (Å²) in [7, 11) is 0. The van der Waals surface area contributed by atoms with Crippen LogP contribution in [-0.2, 0) is 6.42 Å². The van der Waals surface area contributed by atoms with Gasteiger partial charge in [-0.05, 0) is 35.7 Å². The van der Waals surface area contributed by atoms with Crippen molar-refractivity contribution in [2.45, 2.75) is 6.42 Å². The number of phenols is 1. The molecule has 5 rings (SSSR count). The lowest BCUT2D eigenvalue weighted by Gasteiger charge is -2.08. The van der Waals surface area contributed by atoms with Gasteiger partial charge in [0.05, 0.1) is 11.4 Å².